The quantitative estimate of drug-likeness (QED) is 0.844. The Labute approximate surface area is 126 Å². The minimum Gasteiger partial charge on any atom is -0.476 e. The van der Waals surface area contributed by atoms with Gasteiger partial charge in [-0.1, -0.05) is 25.0 Å². The molecule has 1 fully saturated rings. The summed E-state index contributed by atoms with van der Waals surface area (Å²) in [6.07, 6.45) is 4.31. The molecule has 0 amide bonds. The van der Waals surface area contributed by atoms with Crippen LogP contribution < -0.4 is 10.1 Å². The predicted octanol–water partition coefficient (Wildman–Crippen LogP) is 2.62. The lowest BCUT2D eigenvalue weighted by Gasteiger charge is -2.31. The van der Waals surface area contributed by atoms with Crippen LogP contribution in [0.2, 0.25) is 0 Å². The summed E-state index contributed by atoms with van der Waals surface area (Å²) in [5.74, 6) is 1.11. The minimum atomic E-state index is -0.429. The van der Waals surface area contributed by atoms with Crippen LogP contribution in [0.5, 0.6) is 5.75 Å². The second-order valence-electron chi connectivity index (χ2n) is 5.75. The summed E-state index contributed by atoms with van der Waals surface area (Å²) >= 11 is 0. The molecule has 3 unspecified atom stereocenters. The Hall–Kier alpha value is -1.57. The van der Waals surface area contributed by atoms with Gasteiger partial charge in [-0.3, -0.25) is 0 Å². The Morgan fingerprint density at radius 2 is 2.05 bits per heavy atom. The summed E-state index contributed by atoms with van der Waals surface area (Å²) in [7, 11) is 0. The van der Waals surface area contributed by atoms with Crippen LogP contribution in [0.1, 0.15) is 38.2 Å². The molecule has 4 nitrogen and oxygen atoms in total. The van der Waals surface area contributed by atoms with Crippen LogP contribution in [0.3, 0.4) is 0 Å². The van der Waals surface area contributed by atoms with Crippen molar-refractivity contribution in [3.05, 3.63) is 29.8 Å². The van der Waals surface area contributed by atoms with Crippen LogP contribution in [0.15, 0.2) is 24.3 Å². The molecule has 1 aromatic carbocycles. The van der Waals surface area contributed by atoms with E-state index in [1.807, 2.05) is 30.3 Å². The van der Waals surface area contributed by atoms with Gasteiger partial charge in [-0.25, -0.2) is 0 Å². The number of aliphatic hydroxyl groups excluding tert-OH is 1. The summed E-state index contributed by atoms with van der Waals surface area (Å²) in [6, 6.07) is 10.3. The van der Waals surface area contributed by atoms with Crippen LogP contribution in [-0.4, -0.2) is 23.9 Å². The zero-order chi connectivity index (χ0) is 15.1. The molecule has 21 heavy (non-hydrogen) atoms. The Balaban J connectivity index is 1.84. The van der Waals surface area contributed by atoms with Gasteiger partial charge in [0.05, 0.1) is 0 Å². The van der Waals surface area contributed by atoms with Gasteiger partial charge in [-0.05, 0) is 43.4 Å². The fourth-order valence-electron chi connectivity index (χ4n) is 2.86. The number of benzene rings is 1. The molecule has 3 atom stereocenters. The molecule has 0 radical (unpaired) electrons. The van der Waals surface area contributed by atoms with Crippen molar-refractivity contribution in [1.29, 1.82) is 5.26 Å². The number of rotatable bonds is 6. The van der Waals surface area contributed by atoms with Gasteiger partial charge in [0.15, 0.2) is 6.10 Å². The maximum Gasteiger partial charge on any atom is 0.181 e. The molecule has 2 N–H and O–H groups in total. The van der Waals surface area contributed by atoms with E-state index in [9.17, 15) is 5.11 Å². The summed E-state index contributed by atoms with van der Waals surface area (Å²) < 4.78 is 5.43. The Morgan fingerprint density at radius 1 is 1.33 bits per heavy atom. The molecular weight excluding hydrogens is 264 g/mol. The van der Waals surface area contributed by atoms with E-state index in [0.29, 0.717) is 12.0 Å². The monoisotopic (exact) mass is 288 g/mol. The zero-order valence-electron chi connectivity index (χ0n) is 12.6. The topological polar surface area (TPSA) is 65.3 Å². The Bertz CT molecular complexity index is 467. The van der Waals surface area contributed by atoms with Crippen molar-refractivity contribution in [3.63, 3.8) is 0 Å². The first-order valence-corrected chi connectivity index (χ1v) is 7.72. The molecule has 0 spiro atoms. The van der Waals surface area contributed by atoms with Crippen molar-refractivity contribution in [1.82, 2.24) is 5.32 Å². The molecule has 0 bridgehead atoms. The molecule has 2 rings (SSSR count). The van der Waals surface area contributed by atoms with Gasteiger partial charge < -0.3 is 15.2 Å². The molecule has 1 aliphatic rings. The number of nitrogens with zero attached hydrogens (tertiary/aromatic N) is 1. The minimum absolute atomic E-state index is 0.274. The standard InChI is InChI=1S/C17H24N2O2/c1-13(10-18)21-16-8-6-14(7-9-16)11-19-17-5-3-2-4-15(17)12-20/h6-9,13,15,17,19-20H,2-5,11-12H2,1H3. The Kier molecular flexibility index (Phi) is 6.04. The van der Waals surface area contributed by atoms with Crippen LogP contribution in [0.4, 0.5) is 0 Å². The number of nitriles is 1. The SMILES string of the molecule is CC(C#N)Oc1ccc(CNC2CCCCC2CO)cc1. The van der Waals surface area contributed by atoms with Gasteiger partial charge in [-0.2, -0.15) is 5.26 Å². The molecule has 0 saturated heterocycles. The van der Waals surface area contributed by atoms with Crippen molar-refractivity contribution in [2.24, 2.45) is 5.92 Å². The maximum absolute atomic E-state index is 9.42. The van der Waals surface area contributed by atoms with Gasteiger partial charge in [0.1, 0.15) is 11.8 Å². The summed E-state index contributed by atoms with van der Waals surface area (Å²) in [5.41, 5.74) is 1.19. The average Bonchev–Trinajstić information content (AvgIpc) is 2.54. The van der Waals surface area contributed by atoms with E-state index in [1.165, 1.54) is 18.4 Å². The van der Waals surface area contributed by atoms with Crippen LogP contribution in [-0.2, 0) is 6.54 Å². The molecule has 1 aliphatic carbocycles. The highest BCUT2D eigenvalue weighted by Gasteiger charge is 2.23. The molecule has 114 valence electrons. The summed E-state index contributed by atoms with van der Waals surface area (Å²) in [5, 5.41) is 21.7. The second-order valence-corrected chi connectivity index (χ2v) is 5.75. The largest absolute Gasteiger partial charge is 0.476 e. The van der Waals surface area contributed by atoms with E-state index >= 15 is 0 Å². The fourth-order valence-corrected chi connectivity index (χ4v) is 2.86. The first kappa shape index (κ1) is 15.8. The molecule has 0 aliphatic heterocycles. The second kappa shape index (κ2) is 8.02. The Morgan fingerprint density at radius 3 is 2.71 bits per heavy atom. The number of hydrogen-bond acceptors (Lipinski definition) is 4. The third-order valence-electron chi connectivity index (χ3n) is 4.13. The van der Waals surface area contributed by atoms with E-state index in [4.69, 9.17) is 10.00 Å². The molecular formula is C17H24N2O2. The average molecular weight is 288 g/mol. The highest BCUT2D eigenvalue weighted by atomic mass is 16.5. The highest BCUT2D eigenvalue weighted by Crippen LogP contribution is 2.24. The van der Waals surface area contributed by atoms with Crippen molar-refractivity contribution in [2.75, 3.05) is 6.61 Å². The molecule has 0 aromatic heterocycles. The van der Waals surface area contributed by atoms with E-state index < -0.39 is 6.10 Å². The first-order valence-electron chi connectivity index (χ1n) is 7.72. The molecule has 1 aromatic rings. The van der Waals surface area contributed by atoms with Crippen LogP contribution >= 0.6 is 0 Å². The lowest BCUT2D eigenvalue weighted by molar-refractivity contribution is 0.152. The van der Waals surface area contributed by atoms with Gasteiger partial charge >= 0.3 is 0 Å². The third-order valence-corrected chi connectivity index (χ3v) is 4.13. The molecule has 1 saturated carbocycles. The summed E-state index contributed by atoms with van der Waals surface area (Å²) in [4.78, 5) is 0. The highest BCUT2D eigenvalue weighted by molar-refractivity contribution is 5.27. The van der Waals surface area contributed by atoms with Crippen molar-refractivity contribution in [2.45, 2.75) is 51.3 Å². The first-order chi connectivity index (χ1) is 10.2. The van der Waals surface area contributed by atoms with Crippen molar-refractivity contribution in [3.8, 4) is 11.8 Å². The normalized spacial score (nSPS) is 23.3. The maximum atomic E-state index is 9.42. The van der Waals surface area contributed by atoms with Gasteiger partial charge in [0.2, 0.25) is 0 Å². The van der Waals surface area contributed by atoms with E-state index in [2.05, 4.69) is 5.32 Å². The number of aliphatic hydroxyl groups is 1. The van der Waals surface area contributed by atoms with E-state index in [-0.39, 0.29) is 6.61 Å². The number of hydrogen-bond donors (Lipinski definition) is 2. The van der Waals surface area contributed by atoms with Gasteiger partial charge in [-0.15, -0.1) is 0 Å². The van der Waals surface area contributed by atoms with E-state index in [1.54, 1.807) is 6.92 Å². The number of nitrogens with one attached hydrogen (secondary N) is 1. The van der Waals surface area contributed by atoms with Crippen molar-refractivity contribution < 1.29 is 9.84 Å². The van der Waals surface area contributed by atoms with Crippen LogP contribution in [0, 0.1) is 17.2 Å². The van der Waals surface area contributed by atoms with Gasteiger partial charge in [0.25, 0.3) is 0 Å². The van der Waals surface area contributed by atoms with Crippen LogP contribution in [0.25, 0.3) is 0 Å². The predicted molar refractivity (Wildman–Crippen MR) is 81.8 cm³/mol. The third kappa shape index (κ3) is 4.73. The van der Waals surface area contributed by atoms with Crippen molar-refractivity contribution >= 4 is 0 Å². The number of ether oxygens (including phenoxy) is 1. The van der Waals surface area contributed by atoms with E-state index in [0.717, 1.165) is 25.1 Å². The summed E-state index contributed by atoms with van der Waals surface area (Å²) in [6.45, 7) is 2.80. The van der Waals surface area contributed by atoms with Gasteiger partial charge in [0, 0.05) is 19.2 Å². The molecule has 4 heteroatoms. The fraction of sp³-hybridized carbons (Fsp3) is 0.588. The molecule has 0 heterocycles. The lowest BCUT2D eigenvalue weighted by atomic mass is 9.85. The lowest BCUT2D eigenvalue weighted by Crippen LogP contribution is -2.39. The zero-order valence-corrected chi connectivity index (χ0v) is 12.6. The smallest absolute Gasteiger partial charge is 0.181 e.